The van der Waals surface area contributed by atoms with E-state index in [0.29, 0.717) is 12.1 Å². The smallest absolute Gasteiger partial charge is 0.254 e. The van der Waals surface area contributed by atoms with E-state index in [-0.39, 0.29) is 11.9 Å². The zero-order chi connectivity index (χ0) is 17.6. The summed E-state index contributed by atoms with van der Waals surface area (Å²) in [6.45, 7) is 4.80. The van der Waals surface area contributed by atoms with E-state index in [0.717, 1.165) is 17.7 Å². The summed E-state index contributed by atoms with van der Waals surface area (Å²) in [5.41, 5.74) is 2.70. The van der Waals surface area contributed by atoms with Crippen molar-refractivity contribution in [3.05, 3.63) is 78.4 Å². The lowest BCUT2D eigenvalue weighted by molar-refractivity contribution is 0.0671. The molecule has 0 spiro atoms. The van der Waals surface area contributed by atoms with Crippen LogP contribution in [-0.2, 0) is 6.54 Å². The van der Waals surface area contributed by atoms with Crippen LogP contribution in [0.2, 0.25) is 0 Å². The van der Waals surface area contributed by atoms with Crippen molar-refractivity contribution >= 4 is 5.91 Å². The molecule has 25 heavy (non-hydrogen) atoms. The van der Waals surface area contributed by atoms with Gasteiger partial charge < -0.3 is 4.90 Å². The van der Waals surface area contributed by atoms with E-state index < -0.39 is 0 Å². The Bertz CT molecular complexity index is 797. The van der Waals surface area contributed by atoms with Crippen molar-refractivity contribution in [2.45, 2.75) is 32.9 Å². The molecular weight excluding hydrogens is 312 g/mol. The van der Waals surface area contributed by atoms with Gasteiger partial charge in [0.05, 0.1) is 5.69 Å². The van der Waals surface area contributed by atoms with Gasteiger partial charge in [-0.15, -0.1) is 0 Å². The predicted octanol–water partition coefficient (Wildman–Crippen LogP) is 3.71. The first-order valence-electron chi connectivity index (χ1n) is 8.49. The third-order valence-corrected chi connectivity index (χ3v) is 4.38. The molecule has 0 aliphatic carbocycles. The fraction of sp³-hybridized carbons (Fsp3) is 0.250. The van der Waals surface area contributed by atoms with Crippen LogP contribution in [0.3, 0.4) is 0 Å². The monoisotopic (exact) mass is 334 g/mol. The van der Waals surface area contributed by atoms with E-state index in [1.807, 2.05) is 47.4 Å². The normalized spacial score (nSPS) is 11.9. The van der Waals surface area contributed by atoms with Crippen LogP contribution in [0.25, 0.3) is 5.69 Å². The summed E-state index contributed by atoms with van der Waals surface area (Å²) in [5, 5.41) is 4.10. The lowest BCUT2D eigenvalue weighted by Crippen LogP contribution is -2.37. The van der Waals surface area contributed by atoms with Crippen molar-refractivity contribution < 1.29 is 4.79 Å². The Morgan fingerprint density at radius 3 is 2.44 bits per heavy atom. The van der Waals surface area contributed by atoms with Crippen molar-refractivity contribution in [3.63, 3.8) is 0 Å². The minimum absolute atomic E-state index is 0.0448. The summed E-state index contributed by atoms with van der Waals surface area (Å²) in [7, 11) is 0. The highest BCUT2D eigenvalue weighted by Gasteiger charge is 2.20. The fourth-order valence-corrected chi connectivity index (χ4v) is 2.69. The van der Waals surface area contributed by atoms with Gasteiger partial charge >= 0.3 is 0 Å². The number of aromatic nitrogens is 3. The molecule has 0 N–H and O–H groups in total. The van der Waals surface area contributed by atoms with Crippen LogP contribution >= 0.6 is 0 Å². The highest BCUT2D eigenvalue weighted by atomic mass is 16.2. The summed E-state index contributed by atoms with van der Waals surface area (Å²) in [4.78, 5) is 18.9. The Kier molecular flexibility index (Phi) is 5.23. The molecule has 1 aromatic heterocycles. The van der Waals surface area contributed by atoms with E-state index in [1.54, 1.807) is 11.0 Å². The maximum Gasteiger partial charge on any atom is 0.254 e. The van der Waals surface area contributed by atoms with Crippen LogP contribution in [0.5, 0.6) is 0 Å². The summed E-state index contributed by atoms with van der Waals surface area (Å²) >= 11 is 0. The summed E-state index contributed by atoms with van der Waals surface area (Å²) in [6.07, 6.45) is 4.04. The number of carbonyl (C=O) groups is 1. The molecule has 2 aromatic carbocycles. The molecule has 3 aromatic rings. The molecule has 0 aliphatic heterocycles. The van der Waals surface area contributed by atoms with Gasteiger partial charge in [0, 0.05) is 18.2 Å². The van der Waals surface area contributed by atoms with Crippen molar-refractivity contribution in [2.75, 3.05) is 0 Å². The Morgan fingerprint density at radius 1 is 1.12 bits per heavy atom. The molecule has 1 heterocycles. The first-order valence-corrected chi connectivity index (χ1v) is 8.49. The molecular formula is C20H22N4O. The average molecular weight is 334 g/mol. The van der Waals surface area contributed by atoms with E-state index in [9.17, 15) is 4.79 Å². The van der Waals surface area contributed by atoms with E-state index in [4.69, 9.17) is 0 Å². The first kappa shape index (κ1) is 16.9. The molecule has 0 aliphatic rings. The van der Waals surface area contributed by atoms with Crippen LogP contribution in [0, 0.1) is 0 Å². The first-order chi connectivity index (χ1) is 12.2. The van der Waals surface area contributed by atoms with Crippen LogP contribution < -0.4 is 0 Å². The van der Waals surface area contributed by atoms with Gasteiger partial charge in [-0.1, -0.05) is 37.3 Å². The summed E-state index contributed by atoms with van der Waals surface area (Å²) in [5.74, 6) is 0.0448. The van der Waals surface area contributed by atoms with Gasteiger partial charge in [0.15, 0.2) is 0 Å². The summed E-state index contributed by atoms with van der Waals surface area (Å²) in [6, 6.07) is 17.7. The van der Waals surface area contributed by atoms with Crippen LogP contribution in [-0.4, -0.2) is 31.6 Å². The number of hydrogen-bond donors (Lipinski definition) is 0. The second-order valence-electron chi connectivity index (χ2n) is 6.06. The molecule has 5 nitrogen and oxygen atoms in total. The van der Waals surface area contributed by atoms with Crippen molar-refractivity contribution in [1.29, 1.82) is 0 Å². The van der Waals surface area contributed by atoms with Gasteiger partial charge in [-0.3, -0.25) is 4.79 Å². The maximum absolute atomic E-state index is 13.0. The highest BCUT2D eigenvalue weighted by Crippen LogP contribution is 2.16. The molecule has 1 amide bonds. The Hall–Kier alpha value is -2.95. The van der Waals surface area contributed by atoms with Gasteiger partial charge in [0.2, 0.25) is 0 Å². The predicted molar refractivity (Wildman–Crippen MR) is 97.4 cm³/mol. The number of benzene rings is 2. The zero-order valence-corrected chi connectivity index (χ0v) is 14.5. The summed E-state index contributed by atoms with van der Waals surface area (Å²) < 4.78 is 1.67. The molecule has 3 rings (SSSR count). The topological polar surface area (TPSA) is 51.0 Å². The fourth-order valence-electron chi connectivity index (χ4n) is 2.69. The molecule has 1 unspecified atom stereocenters. The molecule has 0 fully saturated rings. The van der Waals surface area contributed by atoms with Gasteiger partial charge in [0.1, 0.15) is 12.7 Å². The zero-order valence-electron chi connectivity index (χ0n) is 14.5. The molecule has 0 bridgehead atoms. The third-order valence-electron chi connectivity index (χ3n) is 4.38. The quantitative estimate of drug-likeness (QED) is 0.690. The van der Waals surface area contributed by atoms with Crippen molar-refractivity contribution in [3.8, 4) is 5.69 Å². The van der Waals surface area contributed by atoms with E-state index >= 15 is 0 Å². The van der Waals surface area contributed by atoms with Crippen LogP contribution in [0.1, 0.15) is 36.2 Å². The Morgan fingerprint density at radius 2 is 1.84 bits per heavy atom. The second kappa shape index (κ2) is 7.75. The SMILES string of the molecule is CCC(C)N(Cc1ccccc1)C(=O)c1ccc(-n2cncn2)cc1. The van der Waals surface area contributed by atoms with Crippen molar-refractivity contribution in [2.24, 2.45) is 0 Å². The number of carbonyl (C=O) groups excluding carboxylic acids is 1. The molecule has 0 saturated carbocycles. The molecule has 0 saturated heterocycles. The highest BCUT2D eigenvalue weighted by molar-refractivity contribution is 5.94. The number of nitrogens with zero attached hydrogens (tertiary/aromatic N) is 4. The number of amides is 1. The average Bonchev–Trinajstić information content (AvgIpc) is 3.21. The molecule has 5 heteroatoms. The molecule has 0 radical (unpaired) electrons. The van der Waals surface area contributed by atoms with Crippen LogP contribution in [0.15, 0.2) is 67.3 Å². The third kappa shape index (κ3) is 3.94. The lowest BCUT2D eigenvalue weighted by atomic mass is 10.1. The van der Waals surface area contributed by atoms with E-state index in [1.165, 1.54) is 6.33 Å². The lowest BCUT2D eigenvalue weighted by Gasteiger charge is -2.29. The Labute approximate surface area is 147 Å². The van der Waals surface area contributed by atoms with Gasteiger partial charge in [-0.05, 0) is 43.2 Å². The van der Waals surface area contributed by atoms with Gasteiger partial charge in [-0.2, -0.15) is 5.10 Å². The number of rotatable bonds is 6. The minimum Gasteiger partial charge on any atom is -0.332 e. The second-order valence-corrected chi connectivity index (χ2v) is 6.06. The maximum atomic E-state index is 13.0. The van der Waals surface area contributed by atoms with Gasteiger partial charge in [0.25, 0.3) is 5.91 Å². The number of hydrogen-bond acceptors (Lipinski definition) is 3. The van der Waals surface area contributed by atoms with Crippen LogP contribution in [0.4, 0.5) is 0 Å². The molecule has 1 atom stereocenters. The minimum atomic E-state index is 0.0448. The largest absolute Gasteiger partial charge is 0.332 e. The van der Waals surface area contributed by atoms with Gasteiger partial charge in [-0.25, -0.2) is 9.67 Å². The molecule has 128 valence electrons. The van der Waals surface area contributed by atoms with E-state index in [2.05, 4.69) is 36.1 Å². The van der Waals surface area contributed by atoms with Crippen molar-refractivity contribution in [1.82, 2.24) is 19.7 Å². The Balaban J connectivity index is 1.82. The standard InChI is InChI=1S/C20H22N4O/c1-3-16(2)23(13-17-7-5-4-6-8-17)20(25)18-9-11-19(12-10-18)24-15-21-14-22-24/h4-12,14-16H,3,13H2,1-2H3.